The van der Waals surface area contributed by atoms with Crippen molar-refractivity contribution in [2.24, 2.45) is 10.9 Å². The van der Waals surface area contributed by atoms with E-state index in [1.807, 2.05) is 36.4 Å². The Balaban J connectivity index is 1.37. The molecule has 1 fully saturated rings. The molecular formula is C24H24N6O2. The Morgan fingerprint density at radius 3 is 2.81 bits per heavy atom. The topological polar surface area (TPSA) is 106 Å². The van der Waals surface area contributed by atoms with E-state index in [2.05, 4.69) is 37.2 Å². The van der Waals surface area contributed by atoms with E-state index in [1.54, 1.807) is 18.5 Å². The summed E-state index contributed by atoms with van der Waals surface area (Å²) in [6.07, 6.45) is 6.83. The van der Waals surface area contributed by atoms with Crippen LogP contribution in [0.4, 0.5) is 11.5 Å². The predicted molar refractivity (Wildman–Crippen MR) is 125 cm³/mol. The number of benzene rings is 1. The summed E-state index contributed by atoms with van der Waals surface area (Å²) in [7, 11) is 2.08. The van der Waals surface area contributed by atoms with Crippen LogP contribution in [0.1, 0.15) is 24.1 Å². The largest absolute Gasteiger partial charge is 0.492 e. The minimum atomic E-state index is -0.0853. The van der Waals surface area contributed by atoms with Gasteiger partial charge in [0, 0.05) is 28.8 Å². The molecule has 0 aliphatic carbocycles. The fraction of sp³-hybridized carbons (Fsp3) is 0.250. The molecule has 8 nitrogen and oxygen atoms in total. The molecule has 1 aromatic carbocycles. The van der Waals surface area contributed by atoms with Crippen LogP contribution < -0.4 is 5.32 Å². The van der Waals surface area contributed by atoms with E-state index in [0.717, 1.165) is 42.6 Å². The maximum Gasteiger partial charge on any atom is 0.237 e. The molecule has 2 aliphatic heterocycles. The maximum atomic E-state index is 12.7. The fourth-order valence-corrected chi connectivity index (χ4v) is 4.04. The van der Waals surface area contributed by atoms with Crippen LogP contribution in [0.2, 0.25) is 0 Å². The lowest BCUT2D eigenvalue weighted by atomic mass is 9.96. The molecule has 0 unspecified atom stereocenters. The number of likely N-dealkylation sites (tertiary alicyclic amines) is 1. The molecule has 0 atom stereocenters. The number of H-pyrrole nitrogens is 1. The third-order valence-corrected chi connectivity index (χ3v) is 5.92. The monoisotopic (exact) mass is 428 g/mol. The van der Waals surface area contributed by atoms with E-state index in [4.69, 9.17) is 0 Å². The normalized spacial score (nSPS) is 17.6. The highest BCUT2D eigenvalue weighted by molar-refractivity contribution is 6.21. The SMILES string of the molecule is CN1CCC(C(=O)Nc2cnc3c(c2)C(=Cc2[nH]c(-c4ccccc4)nc2O)C=N3)CC1. The molecule has 0 spiro atoms. The van der Waals surface area contributed by atoms with Crippen LogP contribution in [0.15, 0.2) is 47.6 Å². The minimum absolute atomic E-state index is 0.0177. The summed E-state index contributed by atoms with van der Waals surface area (Å²) in [5.74, 6) is 1.13. The zero-order valence-electron chi connectivity index (χ0n) is 17.7. The number of carbonyl (C=O) groups excluding carboxylic acids is 1. The molecule has 1 saturated heterocycles. The highest BCUT2D eigenvalue weighted by Crippen LogP contribution is 2.34. The van der Waals surface area contributed by atoms with Crippen LogP contribution in [0, 0.1) is 5.92 Å². The molecule has 32 heavy (non-hydrogen) atoms. The Bertz CT molecular complexity index is 1210. The summed E-state index contributed by atoms with van der Waals surface area (Å²) in [5, 5.41) is 13.3. The smallest absolute Gasteiger partial charge is 0.237 e. The molecule has 3 aromatic rings. The van der Waals surface area contributed by atoms with Gasteiger partial charge in [0.25, 0.3) is 0 Å². The molecule has 2 aliphatic rings. The number of aliphatic imine (C=N–C) groups is 1. The number of pyridine rings is 1. The lowest BCUT2D eigenvalue weighted by Gasteiger charge is -2.28. The summed E-state index contributed by atoms with van der Waals surface area (Å²) >= 11 is 0. The van der Waals surface area contributed by atoms with E-state index in [-0.39, 0.29) is 17.7 Å². The lowest BCUT2D eigenvalue weighted by molar-refractivity contribution is -0.121. The van der Waals surface area contributed by atoms with E-state index in [0.29, 0.717) is 23.0 Å². The Kier molecular flexibility index (Phi) is 5.28. The number of anilines is 1. The van der Waals surface area contributed by atoms with Gasteiger partial charge in [0.05, 0.1) is 11.9 Å². The molecule has 2 aromatic heterocycles. The summed E-state index contributed by atoms with van der Waals surface area (Å²) in [4.78, 5) is 31.0. The van der Waals surface area contributed by atoms with Crippen molar-refractivity contribution in [3.63, 3.8) is 0 Å². The number of nitrogens with one attached hydrogen (secondary N) is 2. The highest BCUT2D eigenvalue weighted by atomic mass is 16.3. The first-order chi connectivity index (χ1) is 15.6. The second-order valence-electron chi connectivity index (χ2n) is 8.21. The Morgan fingerprint density at radius 2 is 2.03 bits per heavy atom. The van der Waals surface area contributed by atoms with Gasteiger partial charge >= 0.3 is 0 Å². The Morgan fingerprint density at radius 1 is 1.25 bits per heavy atom. The van der Waals surface area contributed by atoms with Crippen LogP contribution >= 0.6 is 0 Å². The maximum absolute atomic E-state index is 12.7. The first kappa shape index (κ1) is 20.1. The summed E-state index contributed by atoms with van der Waals surface area (Å²) in [6, 6.07) is 11.5. The van der Waals surface area contributed by atoms with Crippen molar-refractivity contribution >= 4 is 35.3 Å². The van der Waals surface area contributed by atoms with Gasteiger partial charge in [-0.15, -0.1) is 0 Å². The fourth-order valence-electron chi connectivity index (χ4n) is 4.04. The van der Waals surface area contributed by atoms with E-state index >= 15 is 0 Å². The van der Waals surface area contributed by atoms with Gasteiger partial charge in [-0.2, -0.15) is 4.98 Å². The number of hydrogen-bond donors (Lipinski definition) is 3. The predicted octanol–water partition coefficient (Wildman–Crippen LogP) is 3.71. The van der Waals surface area contributed by atoms with Crippen molar-refractivity contribution in [3.8, 4) is 17.3 Å². The lowest BCUT2D eigenvalue weighted by Crippen LogP contribution is -2.35. The molecule has 0 saturated carbocycles. The summed E-state index contributed by atoms with van der Waals surface area (Å²) < 4.78 is 0. The number of rotatable bonds is 4. The van der Waals surface area contributed by atoms with Gasteiger partial charge in [0.15, 0.2) is 5.82 Å². The van der Waals surface area contributed by atoms with Crippen molar-refractivity contribution in [2.75, 3.05) is 25.5 Å². The number of imidazole rings is 1. The summed E-state index contributed by atoms with van der Waals surface area (Å²) in [5.41, 5.74) is 3.58. The van der Waals surface area contributed by atoms with Crippen LogP contribution in [0.25, 0.3) is 23.0 Å². The minimum Gasteiger partial charge on any atom is -0.492 e. The molecule has 0 radical (unpaired) electrons. The van der Waals surface area contributed by atoms with E-state index in [1.165, 1.54) is 0 Å². The van der Waals surface area contributed by atoms with Gasteiger partial charge in [-0.25, -0.2) is 9.98 Å². The molecule has 8 heteroatoms. The third-order valence-electron chi connectivity index (χ3n) is 5.92. The van der Waals surface area contributed by atoms with Crippen molar-refractivity contribution in [1.29, 1.82) is 0 Å². The van der Waals surface area contributed by atoms with Gasteiger partial charge in [-0.05, 0) is 45.1 Å². The Hall–Kier alpha value is -3.78. The zero-order chi connectivity index (χ0) is 22.1. The Labute approximate surface area is 185 Å². The summed E-state index contributed by atoms with van der Waals surface area (Å²) in [6.45, 7) is 1.86. The molecule has 3 N–H and O–H groups in total. The van der Waals surface area contributed by atoms with E-state index in [9.17, 15) is 9.90 Å². The average molecular weight is 428 g/mol. The highest BCUT2D eigenvalue weighted by Gasteiger charge is 2.24. The van der Waals surface area contributed by atoms with Crippen molar-refractivity contribution in [3.05, 3.63) is 53.9 Å². The third kappa shape index (κ3) is 4.04. The number of amides is 1. The van der Waals surface area contributed by atoms with Gasteiger partial charge in [-0.1, -0.05) is 30.3 Å². The van der Waals surface area contributed by atoms with Crippen molar-refractivity contribution in [1.82, 2.24) is 19.9 Å². The first-order valence-corrected chi connectivity index (χ1v) is 10.7. The zero-order valence-corrected chi connectivity index (χ0v) is 17.7. The molecular weight excluding hydrogens is 404 g/mol. The number of aromatic amines is 1. The second-order valence-corrected chi connectivity index (χ2v) is 8.21. The first-order valence-electron chi connectivity index (χ1n) is 10.7. The van der Waals surface area contributed by atoms with Gasteiger partial charge in [-0.3, -0.25) is 4.79 Å². The van der Waals surface area contributed by atoms with Crippen LogP contribution in [0.3, 0.4) is 0 Å². The van der Waals surface area contributed by atoms with Gasteiger partial charge < -0.3 is 20.3 Å². The van der Waals surface area contributed by atoms with Crippen LogP contribution in [-0.2, 0) is 4.79 Å². The standard InChI is InChI=1S/C24H24N6O2/c1-30-9-7-16(8-10-30)23(31)27-18-12-19-17(13-25-22(19)26-14-18)11-20-24(32)29-21(28-20)15-5-3-2-4-6-15/h2-6,11-14,16,32H,7-10H2,1H3,(H,27,31)(H,28,29). The number of carbonyl (C=O) groups is 1. The second kappa shape index (κ2) is 8.39. The molecule has 4 heterocycles. The molecule has 0 bridgehead atoms. The number of piperidine rings is 1. The molecule has 5 rings (SSSR count). The van der Waals surface area contributed by atoms with Crippen molar-refractivity contribution < 1.29 is 9.90 Å². The molecule has 162 valence electrons. The van der Waals surface area contributed by atoms with Crippen molar-refractivity contribution in [2.45, 2.75) is 12.8 Å². The van der Waals surface area contributed by atoms with Gasteiger partial charge in [0.2, 0.25) is 11.8 Å². The number of hydrogen-bond acceptors (Lipinski definition) is 6. The average Bonchev–Trinajstić information content (AvgIpc) is 3.38. The quantitative estimate of drug-likeness (QED) is 0.587. The number of nitrogens with zero attached hydrogens (tertiary/aromatic N) is 4. The number of allylic oxidation sites excluding steroid dienone is 1. The van der Waals surface area contributed by atoms with Crippen LogP contribution in [0.5, 0.6) is 5.88 Å². The van der Waals surface area contributed by atoms with Gasteiger partial charge in [0.1, 0.15) is 11.5 Å². The van der Waals surface area contributed by atoms with E-state index < -0.39 is 0 Å². The number of aromatic nitrogens is 3. The number of fused-ring (bicyclic) bond motifs is 1. The molecule has 1 amide bonds. The number of aromatic hydroxyl groups is 1. The van der Waals surface area contributed by atoms with Crippen LogP contribution in [-0.4, -0.2) is 57.2 Å².